The standard InChI is InChI=1S/C24H35N3O3/c1-17(15-28-2)25-24-19-7-6-8-21(19)26-22-13-18(23(29-3)14-20(22)24)16-30-12-11-27-9-4-5-10-27/h13-14,17H,4-12,15-16H2,1-3H3,(H,25,26)/t17-/m1/s1. The number of hydrogen-bond donors (Lipinski definition) is 1. The topological polar surface area (TPSA) is 55.8 Å². The maximum Gasteiger partial charge on any atom is 0.125 e. The van der Waals surface area contributed by atoms with Crippen molar-refractivity contribution in [2.24, 2.45) is 0 Å². The largest absolute Gasteiger partial charge is 0.496 e. The van der Waals surface area contributed by atoms with E-state index in [0.29, 0.717) is 13.2 Å². The molecule has 1 aromatic heterocycles. The molecule has 0 radical (unpaired) electrons. The van der Waals surface area contributed by atoms with E-state index in [2.05, 4.69) is 29.3 Å². The van der Waals surface area contributed by atoms with Gasteiger partial charge in [-0.05, 0) is 69.8 Å². The fourth-order valence-electron chi connectivity index (χ4n) is 4.72. The molecule has 1 aliphatic carbocycles. The predicted molar refractivity (Wildman–Crippen MR) is 121 cm³/mol. The van der Waals surface area contributed by atoms with E-state index >= 15 is 0 Å². The number of likely N-dealkylation sites (tertiary alicyclic amines) is 1. The van der Waals surface area contributed by atoms with Crippen LogP contribution in [0.25, 0.3) is 10.9 Å². The number of aromatic nitrogens is 1. The number of anilines is 1. The van der Waals surface area contributed by atoms with Gasteiger partial charge in [0.2, 0.25) is 0 Å². The maximum absolute atomic E-state index is 6.01. The van der Waals surface area contributed by atoms with Gasteiger partial charge >= 0.3 is 0 Å². The van der Waals surface area contributed by atoms with Gasteiger partial charge in [-0.25, -0.2) is 0 Å². The Balaban J connectivity index is 1.57. The Hall–Kier alpha value is -1.89. The lowest BCUT2D eigenvalue weighted by Gasteiger charge is -2.21. The molecule has 6 nitrogen and oxygen atoms in total. The first-order valence-corrected chi connectivity index (χ1v) is 11.3. The second-order valence-corrected chi connectivity index (χ2v) is 8.55. The average Bonchev–Trinajstić information content (AvgIpc) is 3.42. The highest BCUT2D eigenvalue weighted by molar-refractivity contribution is 5.95. The molecule has 1 aromatic carbocycles. The third kappa shape index (κ3) is 4.71. The van der Waals surface area contributed by atoms with Gasteiger partial charge in [0.15, 0.2) is 0 Å². The molecule has 1 fully saturated rings. The number of rotatable bonds is 10. The zero-order valence-electron chi connectivity index (χ0n) is 18.6. The molecule has 0 unspecified atom stereocenters. The molecular formula is C24H35N3O3. The number of nitrogens with one attached hydrogen (secondary N) is 1. The van der Waals surface area contributed by atoms with E-state index in [1.54, 1.807) is 14.2 Å². The lowest BCUT2D eigenvalue weighted by Crippen LogP contribution is -2.24. The van der Waals surface area contributed by atoms with Crippen molar-refractivity contribution in [1.82, 2.24) is 9.88 Å². The second kappa shape index (κ2) is 9.94. The Morgan fingerprint density at radius 2 is 1.97 bits per heavy atom. The van der Waals surface area contributed by atoms with E-state index < -0.39 is 0 Å². The molecule has 164 valence electrons. The third-order valence-electron chi connectivity index (χ3n) is 6.23. The molecule has 0 amide bonds. The van der Waals surface area contributed by atoms with E-state index in [9.17, 15) is 0 Å². The van der Waals surface area contributed by atoms with Crippen LogP contribution < -0.4 is 10.1 Å². The van der Waals surface area contributed by atoms with Crippen LogP contribution in [0.15, 0.2) is 12.1 Å². The molecule has 0 bridgehead atoms. The summed E-state index contributed by atoms with van der Waals surface area (Å²) in [5.74, 6) is 0.867. The summed E-state index contributed by atoms with van der Waals surface area (Å²) in [6.45, 7) is 7.53. The Labute approximate surface area is 179 Å². The highest BCUT2D eigenvalue weighted by Crippen LogP contribution is 2.37. The van der Waals surface area contributed by atoms with E-state index in [0.717, 1.165) is 54.6 Å². The molecule has 2 heterocycles. The lowest BCUT2D eigenvalue weighted by molar-refractivity contribution is 0.0979. The normalized spacial score (nSPS) is 17.4. The number of nitrogens with zero attached hydrogens (tertiary/aromatic N) is 2. The molecule has 4 rings (SSSR count). The highest BCUT2D eigenvalue weighted by Gasteiger charge is 2.22. The number of hydrogen-bond acceptors (Lipinski definition) is 6. The minimum Gasteiger partial charge on any atom is -0.496 e. The Morgan fingerprint density at radius 3 is 2.73 bits per heavy atom. The number of ether oxygens (including phenoxy) is 3. The number of benzene rings is 1. The lowest BCUT2D eigenvalue weighted by atomic mass is 10.0. The van der Waals surface area contributed by atoms with Crippen LogP contribution >= 0.6 is 0 Å². The number of fused-ring (bicyclic) bond motifs is 2. The predicted octanol–water partition coefficient (Wildman–Crippen LogP) is 3.79. The van der Waals surface area contributed by atoms with Crippen molar-refractivity contribution in [3.8, 4) is 5.75 Å². The van der Waals surface area contributed by atoms with Crippen molar-refractivity contribution in [1.29, 1.82) is 0 Å². The summed E-state index contributed by atoms with van der Waals surface area (Å²) in [6, 6.07) is 4.50. The molecule has 6 heteroatoms. The minimum absolute atomic E-state index is 0.227. The molecule has 0 saturated carbocycles. The summed E-state index contributed by atoms with van der Waals surface area (Å²) < 4.78 is 17.1. The van der Waals surface area contributed by atoms with Gasteiger partial charge in [-0.3, -0.25) is 4.98 Å². The van der Waals surface area contributed by atoms with Crippen molar-refractivity contribution >= 4 is 16.6 Å². The minimum atomic E-state index is 0.227. The first-order valence-electron chi connectivity index (χ1n) is 11.3. The van der Waals surface area contributed by atoms with Crippen LogP contribution in [0.4, 0.5) is 5.69 Å². The number of pyridine rings is 1. The monoisotopic (exact) mass is 413 g/mol. The van der Waals surface area contributed by atoms with E-state index in [4.69, 9.17) is 19.2 Å². The van der Waals surface area contributed by atoms with Crippen molar-refractivity contribution in [3.05, 3.63) is 29.0 Å². The maximum atomic E-state index is 6.01. The zero-order valence-corrected chi connectivity index (χ0v) is 18.6. The van der Waals surface area contributed by atoms with Gasteiger partial charge < -0.3 is 24.4 Å². The van der Waals surface area contributed by atoms with Crippen LogP contribution in [0.3, 0.4) is 0 Å². The van der Waals surface area contributed by atoms with E-state index in [1.165, 1.54) is 42.9 Å². The van der Waals surface area contributed by atoms with Crippen molar-refractivity contribution < 1.29 is 14.2 Å². The molecule has 2 aliphatic rings. The average molecular weight is 414 g/mol. The summed E-state index contributed by atoms with van der Waals surface area (Å²) in [7, 11) is 3.47. The Kier molecular flexibility index (Phi) is 7.08. The van der Waals surface area contributed by atoms with Crippen molar-refractivity contribution in [2.75, 3.05) is 52.4 Å². The van der Waals surface area contributed by atoms with Crippen molar-refractivity contribution in [3.63, 3.8) is 0 Å². The van der Waals surface area contributed by atoms with Gasteiger partial charge in [0.05, 0.1) is 32.4 Å². The van der Waals surface area contributed by atoms with Gasteiger partial charge in [-0.2, -0.15) is 0 Å². The number of aryl methyl sites for hydroxylation is 1. The summed E-state index contributed by atoms with van der Waals surface area (Å²) in [4.78, 5) is 7.48. The van der Waals surface area contributed by atoms with Crippen LogP contribution in [0.5, 0.6) is 5.75 Å². The van der Waals surface area contributed by atoms with Gasteiger partial charge in [0.1, 0.15) is 5.75 Å². The summed E-state index contributed by atoms with van der Waals surface area (Å²) in [5, 5.41) is 4.80. The number of methoxy groups -OCH3 is 2. The molecule has 2 aromatic rings. The SMILES string of the molecule is COC[C@@H](C)Nc1c2c(nc3cc(COCCN4CCCC4)c(OC)cc13)CCC2. The molecule has 1 saturated heterocycles. The molecule has 1 aliphatic heterocycles. The van der Waals surface area contributed by atoms with Crippen LogP contribution in [-0.4, -0.2) is 63.0 Å². The summed E-state index contributed by atoms with van der Waals surface area (Å²) >= 11 is 0. The highest BCUT2D eigenvalue weighted by atomic mass is 16.5. The first-order chi connectivity index (χ1) is 14.7. The van der Waals surface area contributed by atoms with Gasteiger partial charge in [0.25, 0.3) is 0 Å². The van der Waals surface area contributed by atoms with Gasteiger partial charge in [-0.1, -0.05) is 0 Å². The quantitative estimate of drug-likeness (QED) is 0.598. The van der Waals surface area contributed by atoms with Crippen LogP contribution in [0, 0.1) is 0 Å². The summed E-state index contributed by atoms with van der Waals surface area (Å²) in [6.07, 6.45) is 5.91. The molecular weight excluding hydrogens is 378 g/mol. The first kappa shape index (κ1) is 21.3. The third-order valence-corrected chi connectivity index (χ3v) is 6.23. The fourth-order valence-corrected chi connectivity index (χ4v) is 4.72. The molecule has 1 N–H and O–H groups in total. The second-order valence-electron chi connectivity index (χ2n) is 8.55. The van der Waals surface area contributed by atoms with Gasteiger partial charge in [0, 0.05) is 42.0 Å². The smallest absolute Gasteiger partial charge is 0.125 e. The van der Waals surface area contributed by atoms with E-state index in [1.807, 2.05) is 0 Å². The Bertz CT molecular complexity index is 865. The van der Waals surface area contributed by atoms with Crippen LogP contribution in [-0.2, 0) is 28.9 Å². The zero-order chi connectivity index (χ0) is 20.9. The molecule has 0 spiro atoms. The van der Waals surface area contributed by atoms with E-state index in [-0.39, 0.29) is 6.04 Å². The Morgan fingerprint density at radius 1 is 1.13 bits per heavy atom. The van der Waals surface area contributed by atoms with Crippen LogP contribution in [0.1, 0.15) is 43.0 Å². The summed E-state index contributed by atoms with van der Waals surface area (Å²) in [5.41, 5.74) is 5.84. The molecule has 30 heavy (non-hydrogen) atoms. The molecule has 1 atom stereocenters. The van der Waals surface area contributed by atoms with Crippen molar-refractivity contribution in [2.45, 2.75) is 51.7 Å². The van der Waals surface area contributed by atoms with Crippen LogP contribution in [0.2, 0.25) is 0 Å². The fraction of sp³-hybridized carbons (Fsp3) is 0.625. The van der Waals surface area contributed by atoms with Gasteiger partial charge in [-0.15, -0.1) is 0 Å².